The topological polar surface area (TPSA) is 81.7 Å². The summed E-state index contributed by atoms with van der Waals surface area (Å²) in [4.78, 5) is 38.9. The second-order valence-electron chi connectivity index (χ2n) is 6.40. The molecule has 0 unspecified atom stereocenters. The first-order valence-corrected chi connectivity index (χ1v) is 8.62. The first kappa shape index (κ1) is 17.0. The van der Waals surface area contributed by atoms with Gasteiger partial charge in [-0.2, -0.15) is 0 Å². The number of hydrogen-bond acceptors (Lipinski definition) is 5. The third-order valence-electron chi connectivity index (χ3n) is 4.69. The summed E-state index contributed by atoms with van der Waals surface area (Å²) < 4.78 is 11.0. The zero-order valence-electron chi connectivity index (χ0n) is 14.9. The largest absolute Gasteiger partial charge is 0.463 e. The predicted octanol–water partition coefficient (Wildman–Crippen LogP) is 2.41. The Kier molecular flexibility index (Phi) is 3.84. The Hall–Kier alpha value is -3.41. The number of amides is 1. The van der Waals surface area contributed by atoms with E-state index in [1.165, 1.54) is 0 Å². The predicted molar refractivity (Wildman–Crippen MR) is 97.0 cm³/mol. The van der Waals surface area contributed by atoms with Crippen LogP contribution in [0.5, 0.6) is 5.75 Å². The molecule has 0 aliphatic carbocycles. The summed E-state index contributed by atoms with van der Waals surface area (Å²) in [5.74, 6) is -1.75. The lowest BCUT2D eigenvalue weighted by Gasteiger charge is -2.21. The van der Waals surface area contributed by atoms with Crippen LogP contribution in [0.3, 0.4) is 0 Å². The number of fused-ring (bicyclic) bond motifs is 1. The molecule has 6 nitrogen and oxygen atoms in total. The number of ketones is 1. The van der Waals surface area contributed by atoms with Crippen LogP contribution in [-0.2, 0) is 14.3 Å². The average Bonchev–Trinajstić information content (AvgIpc) is 3.12. The lowest BCUT2D eigenvalue weighted by Crippen LogP contribution is -2.51. The SMILES string of the molecule is CCOC(=O)C1=C(c2ccc(C)cc2)NC(=O)[C@@]12Oc1ccccc1C2=O. The first-order valence-electron chi connectivity index (χ1n) is 8.62. The Morgan fingerprint density at radius 1 is 1.11 bits per heavy atom. The maximum Gasteiger partial charge on any atom is 0.341 e. The Labute approximate surface area is 155 Å². The van der Waals surface area contributed by atoms with Gasteiger partial charge in [0.25, 0.3) is 11.5 Å². The summed E-state index contributed by atoms with van der Waals surface area (Å²) in [6, 6.07) is 13.8. The maximum absolute atomic E-state index is 13.2. The highest BCUT2D eigenvalue weighted by molar-refractivity contribution is 6.32. The zero-order chi connectivity index (χ0) is 19.2. The smallest absolute Gasteiger partial charge is 0.341 e. The molecule has 0 bridgehead atoms. The number of para-hydroxylation sites is 1. The number of benzene rings is 2. The molecule has 1 amide bonds. The van der Waals surface area contributed by atoms with E-state index in [1.807, 2.05) is 19.1 Å². The highest BCUT2D eigenvalue weighted by atomic mass is 16.5. The van der Waals surface area contributed by atoms with Crippen molar-refractivity contribution in [2.24, 2.45) is 0 Å². The number of nitrogens with one attached hydrogen (secondary N) is 1. The Morgan fingerprint density at radius 2 is 1.81 bits per heavy atom. The highest BCUT2D eigenvalue weighted by Gasteiger charge is 2.64. The summed E-state index contributed by atoms with van der Waals surface area (Å²) in [5.41, 5.74) is -0.0487. The van der Waals surface area contributed by atoms with E-state index in [4.69, 9.17) is 9.47 Å². The van der Waals surface area contributed by atoms with E-state index in [2.05, 4.69) is 5.32 Å². The van der Waals surface area contributed by atoms with E-state index in [-0.39, 0.29) is 29.2 Å². The van der Waals surface area contributed by atoms with Gasteiger partial charge in [0.15, 0.2) is 0 Å². The molecule has 2 heterocycles. The van der Waals surface area contributed by atoms with Gasteiger partial charge in [-0.25, -0.2) is 4.79 Å². The van der Waals surface area contributed by atoms with Crippen molar-refractivity contribution in [2.75, 3.05) is 6.61 Å². The van der Waals surface area contributed by atoms with Crippen LogP contribution in [0.25, 0.3) is 5.70 Å². The van der Waals surface area contributed by atoms with Gasteiger partial charge in [-0.3, -0.25) is 9.59 Å². The number of esters is 1. The minimum absolute atomic E-state index is 0.106. The Balaban J connectivity index is 1.94. The van der Waals surface area contributed by atoms with Crippen LogP contribution in [0.4, 0.5) is 0 Å². The quantitative estimate of drug-likeness (QED) is 0.669. The molecule has 0 fully saturated rings. The van der Waals surface area contributed by atoms with Gasteiger partial charge in [0.2, 0.25) is 5.78 Å². The van der Waals surface area contributed by atoms with Crippen LogP contribution in [0, 0.1) is 6.92 Å². The maximum atomic E-state index is 13.2. The molecule has 4 rings (SSSR count). The van der Waals surface area contributed by atoms with Gasteiger partial charge >= 0.3 is 5.97 Å². The lowest BCUT2D eigenvalue weighted by molar-refractivity contribution is -0.142. The van der Waals surface area contributed by atoms with Gasteiger partial charge in [0.1, 0.15) is 11.3 Å². The van der Waals surface area contributed by atoms with Gasteiger partial charge in [-0.05, 0) is 31.5 Å². The molecule has 2 aromatic carbocycles. The fourth-order valence-corrected chi connectivity index (χ4v) is 3.40. The van der Waals surface area contributed by atoms with Crippen LogP contribution in [-0.4, -0.2) is 29.9 Å². The van der Waals surface area contributed by atoms with Crippen molar-refractivity contribution in [1.29, 1.82) is 0 Å². The molecule has 1 atom stereocenters. The molecule has 1 spiro atoms. The second-order valence-corrected chi connectivity index (χ2v) is 6.40. The molecule has 2 aromatic rings. The zero-order valence-corrected chi connectivity index (χ0v) is 14.9. The van der Waals surface area contributed by atoms with Crippen LogP contribution < -0.4 is 10.1 Å². The number of aryl methyl sites for hydroxylation is 1. The molecule has 2 aliphatic heterocycles. The summed E-state index contributed by atoms with van der Waals surface area (Å²) >= 11 is 0. The molecular weight excluding hydrogens is 346 g/mol. The van der Waals surface area contributed by atoms with Crippen molar-refractivity contribution in [2.45, 2.75) is 19.4 Å². The molecule has 0 saturated heterocycles. The van der Waals surface area contributed by atoms with Crippen molar-refractivity contribution in [1.82, 2.24) is 5.32 Å². The molecule has 136 valence electrons. The number of carbonyl (C=O) groups excluding carboxylic acids is 3. The second kappa shape index (κ2) is 6.09. The number of rotatable bonds is 3. The molecule has 0 radical (unpaired) electrons. The van der Waals surface area contributed by atoms with E-state index in [9.17, 15) is 14.4 Å². The third kappa shape index (κ3) is 2.37. The van der Waals surface area contributed by atoms with Gasteiger partial charge in [0, 0.05) is 0 Å². The number of Topliss-reactive ketones (excluding diaryl/α,β-unsaturated/α-hetero) is 1. The van der Waals surface area contributed by atoms with E-state index in [0.29, 0.717) is 5.56 Å². The van der Waals surface area contributed by atoms with Crippen molar-refractivity contribution >= 4 is 23.4 Å². The number of hydrogen-bond donors (Lipinski definition) is 1. The average molecular weight is 363 g/mol. The highest BCUT2D eigenvalue weighted by Crippen LogP contribution is 2.45. The molecule has 1 N–H and O–H groups in total. The van der Waals surface area contributed by atoms with Crippen LogP contribution in [0.15, 0.2) is 54.1 Å². The fourth-order valence-electron chi connectivity index (χ4n) is 3.40. The van der Waals surface area contributed by atoms with Crippen molar-refractivity contribution < 1.29 is 23.9 Å². The Bertz CT molecular complexity index is 1010. The normalized spacial score (nSPS) is 20.5. The molecular formula is C21H17NO5. The van der Waals surface area contributed by atoms with Gasteiger partial charge in [-0.1, -0.05) is 42.0 Å². The molecule has 6 heteroatoms. The fraction of sp³-hybridized carbons (Fsp3) is 0.190. The van der Waals surface area contributed by atoms with E-state index in [0.717, 1.165) is 5.56 Å². The molecule has 0 aromatic heterocycles. The third-order valence-corrected chi connectivity index (χ3v) is 4.69. The van der Waals surface area contributed by atoms with Crippen LogP contribution in [0.2, 0.25) is 0 Å². The van der Waals surface area contributed by atoms with Gasteiger partial charge in [0.05, 0.1) is 17.9 Å². The lowest BCUT2D eigenvalue weighted by atomic mass is 9.87. The van der Waals surface area contributed by atoms with Crippen molar-refractivity contribution in [3.63, 3.8) is 0 Å². The minimum atomic E-state index is -2.06. The molecule has 27 heavy (non-hydrogen) atoms. The van der Waals surface area contributed by atoms with E-state index >= 15 is 0 Å². The monoisotopic (exact) mass is 363 g/mol. The van der Waals surface area contributed by atoms with E-state index in [1.54, 1.807) is 43.3 Å². The standard InChI is InChI=1S/C21H17NO5/c1-3-26-19(24)16-17(13-10-8-12(2)9-11-13)22-20(25)21(16)18(23)14-6-4-5-7-15(14)27-21/h4-11H,3H2,1-2H3,(H,22,25)/t21-/m1/s1. The van der Waals surface area contributed by atoms with Crippen molar-refractivity contribution in [3.05, 3.63) is 70.8 Å². The summed E-state index contributed by atoms with van der Waals surface area (Å²) in [6.07, 6.45) is 0. The molecule has 0 saturated carbocycles. The van der Waals surface area contributed by atoms with Crippen LogP contribution in [0.1, 0.15) is 28.4 Å². The van der Waals surface area contributed by atoms with Crippen LogP contribution >= 0.6 is 0 Å². The van der Waals surface area contributed by atoms with E-state index < -0.39 is 23.3 Å². The molecule has 2 aliphatic rings. The minimum Gasteiger partial charge on any atom is -0.463 e. The summed E-state index contributed by atoms with van der Waals surface area (Å²) in [6.45, 7) is 3.70. The van der Waals surface area contributed by atoms with Gasteiger partial charge < -0.3 is 14.8 Å². The first-order chi connectivity index (χ1) is 13.0. The van der Waals surface area contributed by atoms with Crippen molar-refractivity contribution in [3.8, 4) is 5.75 Å². The number of ether oxygens (including phenoxy) is 2. The Morgan fingerprint density at radius 3 is 2.48 bits per heavy atom. The number of carbonyl (C=O) groups is 3. The van der Waals surface area contributed by atoms with Gasteiger partial charge in [-0.15, -0.1) is 0 Å². The summed E-state index contributed by atoms with van der Waals surface area (Å²) in [7, 11) is 0. The summed E-state index contributed by atoms with van der Waals surface area (Å²) in [5, 5.41) is 2.67.